The first kappa shape index (κ1) is 21.7. The number of hydrogen-bond donors (Lipinski definition) is 2. The van der Waals surface area contributed by atoms with Gasteiger partial charge in [-0.1, -0.05) is 43.3 Å². The average Bonchev–Trinajstić information content (AvgIpc) is 3.32. The number of ether oxygens (including phenoxy) is 1. The Balaban J connectivity index is 1.36. The molecule has 2 N–H and O–H groups in total. The molecule has 1 aliphatic rings. The number of carbonyl (C=O) groups is 3. The fraction of sp³-hybridized carbons (Fsp3) is 0.250. The van der Waals surface area contributed by atoms with Gasteiger partial charge in [0.2, 0.25) is 0 Å². The summed E-state index contributed by atoms with van der Waals surface area (Å²) < 4.78 is 5.61. The van der Waals surface area contributed by atoms with Crippen LogP contribution in [0.2, 0.25) is 0 Å². The number of hydrogen-bond acceptors (Lipinski definition) is 6. The summed E-state index contributed by atoms with van der Waals surface area (Å²) in [6, 6.07) is 13.2. The number of nitrogens with one attached hydrogen (secondary N) is 2. The Morgan fingerprint density at radius 1 is 1.12 bits per heavy atom. The van der Waals surface area contributed by atoms with Crippen LogP contribution < -0.4 is 15.6 Å². The van der Waals surface area contributed by atoms with Crippen molar-refractivity contribution in [3.05, 3.63) is 69.7 Å². The number of ketones is 1. The van der Waals surface area contributed by atoms with Crippen LogP contribution >= 0.6 is 11.3 Å². The maximum Gasteiger partial charge on any atom is 0.281 e. The van der Waals surface area contributed by atoms with E-state index in [1.54, 1.807) is 13.0 Å². The molecule has 4 rings (SSSR count). The van der Waals surface area contributed by atoms with Crippen LogP contribution in [-0.2, 0) is 4.79 Å². The number of nitrogens with zero attached hydrogens (tertiary/aromatic N) is 1. The van der Waals surface area contributed by atoms with Gasteiger partial charge in [0.15, 0.2) is 12.4 Å². The van der Waals surface area contributed by atoms with Gasteiger partial charge in [0.05, 0.1) is 11.3 Å². The van der Waals surface area contributed by atoms with Crippen molar-refractivity contribution < 1.29 is 19.1 Å². The van der Waals surface area contributed by atoms with E-state index in [1.165, 1.54) is 11.3 Å². The average molecular weight is 450 g/mol. The van der Waals surface area contributed by atoms with Gasteiger partial charge in [-0.05, 0) is 37.0 Å². The van der Waals surface area contributed by atoms with Crippen molar-refractivity contribution in [3.8, 4) is 16.3 Å². The summed E-state index contributed by atoms with van der Waals surface area (Å²) in [4.78, 5) is 42.0. The monoisotopic (exact) mass is 449 g/mol. The largest absolute Gasteiger partial charge is 0.483 e. The molecule has 1 atom stereocenters. The van der Waals surface area contributed by atoms with E-state index < -0.39 is 11.8 Å². The molecule has 1 heterocycles. The number of aromatic nitrogens is 1. The second-order valence-electron chi connectivity index (χ2n) is 7.79. The molecule has 0 saturated carbocycles. The SMILES string of the molecule is Cc1ccc(OCC(=O)NNC(=O)c2sc(-c3ccccc3)nc2C)c2c1C(C)CC2=O. The highest BCUT2D eigenvalue weighted by Crippen LogP contribution is 2.40. The normalized spacial score (nSPS) is 14.7. The minimum Gasteiger partial charge on any atom is -0.483 e. The maximum absolute atomic E-state index is 12.5. The third kappa shape index (κ3) is 4.27. The summed E-state index contributed by atoms with van der Waals surface area (Å²) in [7, 11) is 0. The summed E-state index contributed by atoms with van der Waals surface area (Å²) >= 11 is 1.25. The van der Waals surface area contributed by atoms with E-state index >= 15 is 0 Å². The number of hydrazine groups is 1. The number of aryl methyl sites for hydroxylation is 2. The van der Waals surface area contributed by atoms with Gasteiger partial charge < -0.3 is 4.74 Å². The molecular weight excluding hydrogens is 426 g/mol. The first-order valence-corrected chi connectivity index (χ1v) is 11.1. The molecule has 2 aromatic carbocycles. The van der Waals surface area contributed by atoms with Crippen LogP contribution in [0, 0.1) is 13.8 Å². The van der Waals surface area contributed by atoms with Gasteiger partial charge >= 0.3 is 0 Å². The van der Waals surface area contributed by atoms with Crippen molar-refractivity contribution in [1.82, 2.24) is 15.8 Å². The van der Waals surface area contributed by atoms with Crippen molar-refractivity contribution in [1.29, 1.82) is 0 Å². The lowest BCUT2D eigenvalue weighted by atomic mass is 9.97. The second-order valence-corrected chi connectivity index (χ2v) is 8.79. The summed E-state index contributed by atoms with van der Waals surface area (Å²) in [6.45, 7) is 5.39. The first-order chi connectivity index (χ1) is 15.3. The minimum atomic E-state index is -0.531. The third-order valence-electron chi connectivity index (χ3n) is 5.39. The van der Waals surface area contributed by atoms with E-state index in [9.17, 15) is 14.4 Å². The van der Waals surface area contributed by atoms with Crippen LogP contribution in [0.15, 0.2) is 42.5 Å². The summed E-state index contributed by atoms with van der Waals surface area (Å²) in [6.07, 6.45) is 0.442. The molecule has 0 fully saturated rings. The van der Waals surface area contributed by atoms with E-state index in [0.29, 0.717) is 28.3 Å². The second kappa shape index (κ2) is 8.92. The molecule has 0 aliphatic heterocycles. The maximum atomic E-state index is 12.5. The number of fused-ring (bicyclic) bond motifs is 1. The first-order valence-electron chi connectivity index (χ1n) is 10.3. The topological polar surface area (TPSA) is 97.4 Å². The van der Waals surface area contributed by atoms with Crippen molar-refractivity contribution in [2.75, 3.05) is 6.61 Å². The van der Waals surface area contributed by atoms with Gasteiger partial charge in [-0.15, -0.1) is 11.3 Å². The molecule has 0 spiro atoms. The van der Waals surface area contributed by atoms with Gasteiger partial charge in [0.25, 0.3) is 11.8 Å². The number of Topliss-reactive ketones (excluding diaryl/α,β-unsaturated/α-hetero) is 1. The van der Waals surface area contributed by atoms with Crippen LogP contribution in [0.5, 0.6) is 5.75 Å². The van der Waals surface area contributed by atoms with Crippen LogP contribution in [0.4, 0.5) is 0 Å². The zero-order chi connectivity index (χ0) is 22.8. The molecular formula is C24H23N3O4S. The molecule has 0 saturated heterocycles. The number of amides is 2. The fourth-order valence-electron chi connectivity index (χ4n) is 3.90. The Morgan fingerprint density at radius 3 is 2.62 bits per heavy atom. The number of thiazole rings is 1. The standard InChI is InChI=1S/C24H23N3O4S/c1-13-9-10-18(21-17(28)11-14(2)20(13)21)31-12-19(29)26-27-23(30)22-15(3)25-24(32-22)16-7-5-4-6-8-16/h4-10,14H,11-12H2,1-3H3,(H,26,29)(H,27,30). The summed E-state index contributed by atoms with van der Waals surface area (Å²) in [5.41, 5.74) is 8.85. The number of carbonyl (C=O) groups excluding carboxylic acids is 3. The van der Waals surface area contributed by atoms with E-state index in [-0.39, 0.29) is 18.3 Å². The molecule has 3 aromatic rings. The van der Waals surface area contributed by atoms with Crippen LogP contribution in [0.1, 0.15) is 56.1 Å². The number of benzene rings is 2. The fourth-order valence-corrected chi connectivity index (χ4v) is 4.87. The molecule has 32 heavy (non-hydrogen) atoms. The Hall–Kier alpha value is -3.52. The van der Waals surface area contributed by atoms with Gasteiger partial charge in [0.1, 0.15) is 15.6 Å². The molecule has 1 aromatic heterocycles. The van der Waals surface area contributed by atoms with E-state index in [4.69, 9.17) is 4.74 Å². The lowest BCUT2D eigenvalue weighted by Gasteiger charge is -2.13. The highest BCUT2D eigenvalue weighted by Gasteiger charge is 2.31. The Kier molecular flexibility index (Phi) is 6.05. The van der Waals surface area contributed by atoms with Gasteiger partial charge in [-0.3, -0.25) is 25.2 Å². The zero-order valence-corrected chi connectivity index (χ0v) is 18.8. The smallest absolute Gasteiger partial charge is 0.281 e. The van der Waals surface area contributed by atoms with Gasteiger partial charge in [0, 0.05) is 12.0 Å². The van der Waals surface area contributed by atoms with Gasteiger partial charge in [-0.2, -0.15) is 0 Å². The minimum absolute atomic E-state index is 0.0230. The molecule has 0 radical (unpaired) electrons. The van der Waals surface area contributed by atoms with Crippen molar-refractivity contribution in [2.45, 2.75) is 33.1 Å². The van der Waals surface area contributed by atoms with E-state index in [0.717, 1.165) is 21.7 Å². The van der Waals surface area contributed by atoms with Gasteiger partial charge in [-0.25, -0.2) is 4.98 Å². The Morgan fingerprint density at radius 2 is 1.88 bits per heavy atom. The molecule has 1 unspecified atom stereocenters. The zero-order valence-electron chi connectivity index (χ0n) is 18.0. The lowest BCUT2D eigenvalue weighted by molar-refractivity contribution is -0.123. The predicted molar refractivity (Wildman–Crippen MR) is 122 cm³/mol. The number of rotatable bonds is 5. The molecule has 7 nitrogen and oxygen atoms in total. The van der Waals surface area contributed by atoms with Crippen LogP contribution in [0.3, 0.4) is 0 Å². The third-order valence-corrected chi connectivity index (χ3v) is 6.59. The van der Waals surface area contributed by atoms with Crippen molar-refractivity contribution in [3.63, 3.8) is 0 Å². The summed E-state index contributed by atoms with van der Waals surface area (Å²) in [5.74, 6) is -0.424. The summed E-state index contributed by atoms with van der Waals surface area (Å²) in [5, 5.41) is 0.732. The highest BCUT2D eigenvalue weighted by molar-refractivity contribution is 7.17. The van der Waals surface area contributed by atoms with E-state index in [2.05, 4.69) is 15.8 Å². The lowest BCUT2D eigenvalue weighted by Crippen LogP contribution is -2.43. The Bertz CT molecular complexity index is 1200. The van der Waals surface area contributed by atoms with E-state index in [1.807, 2.05) is 50.2 Å². The highest BCUT2D eigenvalue weighted by atomic mass is 32.1. The quantitative estimate of drug-likeness (QED) is 0.575. The molecule has 0 bridgehead atoms. The van der Waals surface area contributed by atoms with Crippen LogP contribution in [-0.4, -0.2) is 29.2 Å². The van der Waals surface area contributed by atoms with Crippen LogP contribution in [0.25, 0.3) is 10.6 Å². The molecule has 164 valence electrons. The van der Waals surface area contributed by atoms with Crippen molar-refractivity contribution >= 4 is 28.9 Å². The van der Waals surface area contributed by atoms with Crippen molar-refractivity contribution in [2.24, 2.45) is 0 Å². The molecule has 1 aliphatic carbocycles. The predicted octanol–water partition coefficient (Wildman–Crippen LogP) is 3.96. The Labute approximate surface area is 189 Å². The molecule has 2 amide bonds. The molecule has 8 heteroatoms.